The number of amides is 1. The lowest BCUT2D eigenvalue weighted by atomic mass is 9.91. The zero-order chi connectivity index (χ0) is 29.6. The Morgan fingerprint density at radius 1 is 0.884 bits per heavy atom. The van der Waals surface area contributed by atoms with Gasteiger partial charge >= 0.3 is 0 Å². The van der Waals surface area contributed by atoms with Crippen LogP contribution in [0.4, 0.5) is 5.69 Å². The summed E-state index contributed by atoms with van der Waals surface area (Å²) in [6, 6.07) is 27.8. The number of hydrogen-bond acceptors (Lipinski definition) is 4. The minimum absolute atomic E-state index is 0.121. The highest BCUT2D eigenvalue weighted by Gasteiger charge is 2.26. The van der Waals surface area contributed by atoms with E-state index in [0.29, 0.717) is 19.1 Å². The number of hydrogen-bond donors (Lipinski definition) is 0. The maximum absolute atomic E-state index is 13.7. The van der Waals surface area contributed by atoms with Gasteiger partial charge in [0.1, 0.15) is 5.75 Å². The molecule has 3 heterocycles. The molecule has 2 saturated heterocycles. The van der Waals surface area contributed by atoms with Crippen LogP contribution in [0.1, 0.15) is 55.5 Å². The molecule has 6 rings (SSSR count). The Bertz CT molecular complexity index is 1470. The number of carbonyl (C=O) groups is 1. The number of para-hydroxylation sites is 1. The number of carbonyl (C=O) groups excluding carboxylic acids is 1. The zero-order valence-corrected chi connectivity index (χ0v) is 25.8. The van der Waals surface area contributed by atoms with Gasteiger partial charge in [-0.05, 0) is 68.0 Å². The standard InChI is InChI=1S/C37H46N4O2/c1-3-30-15-14-29(2)40(26-30)20-9-25-43-33-18-16-32(17-19-33)38-21-23-39(24-22-38)37(42)35-28-41(27-31-10-5-4-6-11-31)36-13-8-7-12-34(35)36/h4-8,10-13,16-19,28-30H,3,9,14-15,20-27H2,1-2H3. The van der Waals surface area contributed by atoms with E-state index in [1.807, 2.05) is 29.3 Å². The van der Waals surface area contributed by atoms with Crippen molar-refractivity contribution in [3.63, 3.8) is 0 Å². The third-order valence-corrected chi connectivity index (χ3v) is 9.53. The smallest absolute Gasteiger partial charge is 0.256 e. The number of piperidine rings is 1. The molecule has 43 heavy (non-hydrogen) atoms. The summed E-state index contributed by atoms with van der Waals surface area (Å²) in [5.41, 5.74) is 4.30. The number of fused-ring (bicyclic) bond motifs is 1. The average Bonchev–Trinajstić information content (AvgIpc) is 3.42. The van der Waals surface area contributed by atoms with E-state index < -0.39 is 0 Å². The predicted molar refractivity (Wildman–Crippen MR) is 176 cm³/mol. The van der Waals surface area contributed by atoms with Crippen LogP contribution in [-0.2, 0) is 6.54 Å². The molecule has 0 N–H and O–H groups in total. The second-order valence-corrected chi connectivity index (χ2v) is 12.3. The number of likely N-dealkylation sites (tertiary alicyclic amines) is 1. The second-order valence-electron chi connectivity index (χ2n) is 12.3. The lowest BCUT2D eigenvalue weighted by Crippen LogP contribution is -2.48. The van der Waals surface area contributed by atoms with E-state index in [2.05, 4.69) is 88.9 Å². The van der Waals surface area contributed by atoms with Gasteiger partial charge in [0.25, 0.3) is 5.91 Å². The Hall–Kier alpha value is -3.77. The Labute approximate surface area is 256 Å². The molecule has 2 atom stereocenters. The lowest BCUT2D eigenvalue weighted by molar-refractivity contribution is 0.0748. The fraction of sp³-hybridized carbons (Fsp3) is 0.432. The molecule has 0 bridgehead atoms. The number of rotatable bonds is 10. The Morgan fingerprint density at radius 2 is 1.63 bits per heavy atom. The van der Waals surface area contributed by atoms with Crippen molar-refractivity contribution >= 4 is 22.5 Å². The highest BCUT2D eigenvalue weighted by Crippen LogP contribution is 2.27. The third kappa shape index (κ3) is 6.91. The fourth-order valence-corrected chi connectivity index (χ4v) is 6.78. The number of benzene rings is 3. The average molecular weight is 579 g/mol. The zero-order valence-electron chi connectivity index (χ0n) is 25.8. The van der Waals surface area contributed by atoms with Gasteiger partial charge < -0.3 is 24.0 Å². The summed E-state index contributed by atoms with van der Waals surface area (Å²) in [4.78, 5) is 20.7. The van der Waals surface area contributed by atoms with Crippen LogP contribution in [0.15, 0.2) is 85.1 Å². The first kappa shape index (κ1) is 29.3. The highest BCUT2D eigenvalue weighted by atomic mass is 16.5. The molecule has 6 heteroatoms. The molecule has 6 nitrogen and oxygen atoms in total. The van der Waals surface area contributed by atoms with Crippen molar-refractivity contribution in [1.29, 1.82) is 0 Å². The van der Waals surface area contributed by atoms with Crippen LogP contribution in [0.25, 0.3) is 10.9 Å². The SMILES string of the molecule is CCC1CCC(C)N(CCCOc2ccc(N3CCN(C(=O)c4cn(Cc5ccccc5)c5ccccc45)CC3)cc2)C1. The molecule has 2 fully saturated rings. The van der Waals surface area contributed by atoms with Crippen LogP contribution in [0, 0.1) is 5.92 Å². The molecular weight excluding hydrogens is 532 g/mol. The summed E-state index contributed by atoms with van der Waals surface area (Å²) in [6.07, 6.45) is 7.09. The molecule has 3 aromatic carbocycles. The van der Waals surface area contributed by atoms with Crippen LogP contribution < -0.4 is 9.64 Å². The normalized spacial score (nSPS) is 19.6. The topological polar surface area (TPSA) is 41.0 Å². The van der Waals surface area contributed by atoms with Gasteiger partial charge in [0.2, 0.25) is 0 Å². The number of anilines is 1. The van der Waals surface area contributed by atoms with Gasteiger partial charge in [0.05, 0.1) is 12.2 Å². The molecule has 1 amide bonds. The first-order chi connectivity index (χ1) is 21.1. The van der Waals surface area contributed by atoms with E-state index in [0.717, 1.165) is 67.3 Å². The first-order valence-electron chi connectivity index (χ1n) is 16.2. The molecule has 0 saturated carbocycles. The van der Waals surface area contributed by atoms with Crippen LogP contribution in [0.2, 0.25) is 0 Å². The summed E-state index contributed by atoms with van der Waals surface area (Å²) in [6.45, 7) is 11.6. The minimum atomic E-state index is 0.121. The van der Waals surface area contributed by atoms with Gasteiger partial charge in [-0.15, -0.1) is 0 Å². The number of piperazine rings is 1. The Morgan fingerprint density at radius 3 is 2.40 bits per heavy atom. The van der Waals surface area contributed by atoms with E-state index in [1.165, 1.54) is 37.1 Å². The highest BCUT2D eigenvalue weighted by molar-refractivity contribution is 6.07. The second kappa shape index (κ2) is 13.7. The van der Waals surface area contributed by atoms with Crippen molar-refractivity contribution in [1.82, 2.24) is 14.4 Å². The van der Waals surface area contributed by atoms with Gasteiger partial charge in [0, 0.05) is 74.6 Å². The largest absolute Gasteiger partial charge is 0.494 e. The van der Waals surface area contributed by atoms with E-state index in [-0.39, 0.29) is 5.91 Å². The molecule has 0 radical (unpaired) electrons. The van der Waals surface area contributed by atoms with Crippen molar-refractivity contribution < 1.29 is 9.53 Å². The van der Waals surface area contributed by atoms with Gasteiger partial charge in [0.15, 0.2) is 0 Å². The van der Waals surface area contributed by atoms with Crippen molar-refractivity contribution in [3.05, 3.63) is 96.2 Å². The molecule has 1 aromatic heterocycles. The van der Waals surface area contributed by atoms with Crippen LogP contribution in [-0.4, -0.2) is 72.2 Å². The van der Waals surface area contributed by atoms with Gasteiger partial charge in [-0.1, -0.05) is 61.9 Å². The maximum atomic E-state index is 13.7. The van der Waals surface area contributed by atoms with E-state index in [9.17, 15) is 4.79 Å². The molecule has 2 aliphatic rings. The summed E-state index contributed by atoms with van der Waals surface area (Å²) < 4.78 is 8.30. The van der Waals surface area contributed by atoms with Crippen molar-refractivity contribution in [2.75, 3.05) is 50.8 Å². The summed E-state index contributed by atoms with van der Waals surface area (Å²) >= 11 is 0. The van der Waals surface area contributed by atoms with Gasteiger partial charge in [-0.25, -0.2) is 0 Å². The molecular formula is C37H46N4O2. The fourth-order valence-electron chi connectivity index (χ4n) is 6.78. The predicted octanol–water partition coefficient (Wildman–Crippen LogP) is 6.93. The van der Waals surface area contributed by atoms with Crippen molar-refractivity contribution in [2.24, 2.45) is 5.92 Å². The summed E-state index contributed by atoms with van der Waals surface area (Å²) in [5.74, 6) is 1.91. The molecule has 4 aromatic rings. The lowest BCUT2D eigenvalue weighted by Gasteiger charge is -2.37. The third-order valence-electron chi connectivity index (χ3n) is 9.53. The van der Waals surface area contributed by atoms with Crippen LogP contribution in [0.5, 0.6) is 5.75 Å². The molecule has 226 valence electrons. The van der Waals surface area contributed by atoms with E-state index in [1.54, 1.807) is 0 Å². The van der Waals surface area contributed by atoms with Crippen molar-refractivity contribution in [2.45, 2.75) is 52.1 Å². The first-order valence-corrected chi connectivity index (χ1v) is 16.2. The summed E-state index contributed by atoms with van der Waals surface area (Å²) in [5, 5.41) is 1.03. The molecule has 0 aliphatic carbocycles. The molecule has 0 spiro atoms. The van der Waals surface area contributed by atoms with Gasteiger partial charge in [-0.2, -0.15) is 0 Å². The molecule has 2 aliphatic heterocycles. The number of ether oxygens (including phenoxy) is 1. The van der Waals surface area contributed by atoms with E-state index >= 15 is 0 Å². The van der Waals surface area contributed by atoms with Gasteiger partial charge in [-0.3, -0.25) is 4.79 Å². The van der Waals surface area contributed by atoms with E-state index in [4.69, 9.17) is 4.74 Å². The Balaban J connectivity index is 1.00. The Kier molecular flexibility index (Phi) is 9.33. The maximum Gasteiger partial charge on any atom is 0.256 e. The van der Waals surface area contributed by atoms with Crippen LogP contribution in [0.3, 0.4) is 0 Å². The number of nitrogens with zero attached hydrogens (tertiary/aromatic N) is 4. The number of aromatic nitrogens is 1. The monoisotopic (exact) mass is 578 g/mol. The minimum Gasteiger partial charge on any atom is -0.494 e. The van der Waals surface area contributed by atoms with Crippen molar-refractivity contribution in [3.8, 4) is 5.75 Å². The quantitative estimate of drug-likeness (QED) is 0.191. The summed E-state index contributed by atoms with van der Waals surface area (Å²) in [7, 11) is 0. The van der Waals surface area contributed by atoms with Crippen LogP contribution >= 0.6 is 0 Å². The molecule has 2 unspecified atom stereocenters.